The fourth-order valence-electron chi connectivity index (χ4n) is 2.18. The number of H-pyrrole nitrogens is 1. The average Bonchev–Trinajstić information content (AvgIpc) is 2.84. The number of fused-ring (bicyclic) bond motifs is 1. The lowest BCUT2D eigenvalue weighted by Crippen LogP contribution is -2.02. The van der Waals surface area contributed by atoms with E-state index in [1.165, 1.54) is 0 Å². The first kappa shape index (κ1) is 10.8. The zero-order valence-corrected chi connectivity index (χ0v) is 9.89. The number of carbonyl (C=O) groups is 1. The maximum atomic E-state index is 12.3. The van der Waals surface area contributed by atoms with Gasteiger partial charge in [0, 0.05) is 29.1 Å². The van der Waals surface area contributed by atoms with Crippen molar-refractivity contribution in [1.82, 2.24) is 4.98 Å². The molecule has 0 unspecified atom stereocenters. The number of carbonyl (C=O) groups excluding carboxylic acids is 1. The number of ketones is 1. The Morgan fingerprint density at radius 3 is 2.50 bits per heavy atom. The van der Waals surface area contributed by atoms with E-state index in [2.05, 4.69) is 4.98 Å². The third-order valence-corrected chi connectivity index (χ3v) is 3.10. The van der Waals surface area contributed by atoms with Gasteiger partial charge in [-0.3, -0.25) is 4.79 Å². The first-order valence-electron chi connectivity index (χ1n) is 5.98. The van der Waals surface area contributed by atoms with Crippen molar-refractivity contribution in [3.05, 3.63) is 71.9 Å². The van der Waals surface area contributed by atoms with Crippen LogP contribution in [0.1, 0.15) is 15.9 Å². The molecule has 0 spiro atoms. The number of nitrogens with one attached hydrogen (secondary N) is 1. The molecule has 0 saturated carbocycles. The topological polar surface area (TPSA) is 32.9 Å². The van der Waals surface area contributed by atoms with Crippen molar-refractivity contribution in [1.29, 1.82) is 0 Å². The van der Waals surface area contributed by atoms with Crippen molar-refractivity contribution in [2.75, 3.05) is 0 Å². The molecule has 1 N–H and O–H groups in total. The first-order valence-corrected chi connectivity index (χ1v) is 5.98. The number of hydrogen-bond acceptors (Lipinski definition) is 1. The average molecular weight is 235 g/mol. The molecule has 0 fully saturated rings. The maximum absolute atomic E-state index is 12.3. The minimum absolute atomic E-state index is 0.152. The van der Waals surface area contributed by atoms with Gasteiger partial charge in [-0.05, 0) is 11.6 Å². The number of para-hydroxylation sites is 1. The van der Waals surface area contributed by atoms with E-state index < -0.39 is 0 Å². The SMILES string of the molecule is O=C(Cc1ccccc1)c1c[nH]c2ccccc12. The van der Waals surface area contributed by atoms with Gasteiger partial charge >= 0.3 is 0 Å². The van der Waals surface area contributed by atoms with E-state index in [0.717, 1.165) is 22.0 Å². The van der Waals surface area contributed by atoms with E-state index in [1.807, 2.05) is 54.6 Å². The lowest BCUT2D eigenvalue weighted by atomic mass is 10.0. The molecule has 2 aromatic carbocycles. The van der Waals surface area contributed by atoms with Gasteiger partial charge in [0.05, 0.1) is 0 Å². The largest absolute Gasteiger partial charge is 0.360 e. The van der Waals surface area contributed by atoms with Crippen LogP contribution in [0.3, 0.4) is 0 Å². The molecule has 1 heterocycles. The summed E-state index contributed by atoms with van der Waals surface area (Å²) in [5.74, 6) is 0.152. The lowest BCUT2D eigenvalue weighted by Gasteiger charge is -2.00. The molecule has 2 nitrogen and oxygen atoms in total. The van der Waals surface area contributed by atoms with Gasteiger partial charge in [-0.15, -0.1) is 0 Å². The fourth-order valence-corrected chi connectivity index (χ4v) is 2.18. The zero-order chi connectivity index (χ0) is 12.4. The van der Waals surface area contributed by atoms with E-state index in [0.29, 0.717) is 6.42 Å². The molecule has 0 bridgehead atoms. The van der Waals surface area contributed by atoms with Crippen LogP contribution in [-0.4, -0.2) is 10.8 Å². The second kappa shape index (κ2) is 4.49. The summed E-state index contributed by atoms with van der Waals surface area (Å²) < 4.78 is 0. The number of benzene rings is 2. The Hall–Kier alpha value is -2.35. The summed E-state index contributed by atoms with van der Waals surface area (Å²) in [4.78, 5) is 15.4. The molecule has 0 amide bonds. The highest BCUT2D eigenvalue weighted by molar-refractivity contribution is 6.08. The second-order valence-corrected chi connectivity index (χ2v) is 4.33. The van der Waals surface area contributed by atoms with Gasteiger partial charge < -0.3 is 4.98 Å². The first-order chi connectivity index (χ1) is 8.84. The van der Waals surface area contributed by atoms with E-state index in [4.69, 9.17) is 0 Å². The maximum Gasteiger partial charge on any atom is 0.169 e. The van der Waals surface area contributed by atoms with Crippen molar-refractivity contribution in [3.8, 4) is 0 Å². The van der Waals surface area contributed by atoms with E-state index in [1.54, 1.807) is 6.20 Å². The highest BCUT2D eigenvalue weighted by atomic mass is 16.1. The van der Waals surface area contributed by atoms with Crippen LogP contribution in [0, 0.1) is 0 Å². The van der Waals surface area contributed by atoms with Gasteiger partial charge in [0.15, 0.2) is 5.78 Å². The van der Waals surface area contributed by atoms with Gasteiger partial charge in [-0.25, -0.2) is 0 Å². The molecule has 0 aliphatic rings. The second-order valence-electron chi connectivity index (χ2n) is 4.33. The van der Waals surface area contributed by atoms with Crippen molar-refractivity contribution < 1.29 is 4.79 Å². The summed E-state index contributed by atoms with van der Waals surface area (Å²) in [6.07, 6.45) is 2.25. The Labute approximate surface area is 105 Å². The molecule has 2 heteroatoms. The number of rotatable bonds is 3. The molecule has 3 rings (SSSR count). The summed E-state index contributed by atoms with van der Waals surface area (Å²) in [5.41, 5.74) is 2.83. The molecular weight excluding hydrogens is 222 g/mol. The van der Waals surface area contributed by atoms with E-state index in [9.17, 15) is 4.79 Å². The molecular formula is C16H13NO. The van der Waals surface area contributed by atoms with Crippen LogP contribution in [0.4, 0.5) is 0 Å². The summed E-state index contributed by atoms with van der Waals surface area (Å²) >= 11 is 0. The van der Waals surface area contributed by atoms with Crippen LogP contribution >= 0.6 is 0 Å². The third-order valence-electron chi connectivity index (χ3n) is 3.10. The lowest BCUT2D eigenvalue weighted by molar-refractivity contribution is 0.0994. The Balaban J connectivity index is 1.93. The van der Waals surface area contributed by atoms with Gasteiger partial charge in [0.25, 0.3) is 0 Å². The highest BCUT2D eigenvalue weighted by Crippen LogP contribution is 2.19. The van der Waals surface area contributed by atoms with Crippen LogP contribution in [0.15, 0.2) is 60.8 Å². The molecule has 0 aliphatic heterocycles. The van der Waals surface area contributed by atoms with Gasteiger partial charge in [-0.2, -0.15) is 0 Å². The molecule has 1 aromatic heterocycles. The van der Waals surface area contributed by atoms with Gasteiger partial charge in [0.2, 0.25) is 0 Å². The summed E-state index contributed by atoms with van der Waals surface area (Å²) in [5, 5.41) is 0.999. The van der Waals surface area contributed by atoms with E-state index in [-0.39, 0.29) is 5.78 Å². The summed E-state index contributed by atoms with van der Waals surface area (Å²) in [6.45, 7) is 0. The molecule has 0 radical (unpaired) electrons. The number of aromatic amines is 1. The van der Waals surface area contributed by atoms with Crippen molar-refractivity contribution in [2.45, 2.75) is 6.42 Å². The number of Topliss-reactive ketones (excluding diaryl/α,β-unsaturated/α-hetero) is 1. The van der Waals surface area contributed by atoms with Crippen LogP contribution in [0.5, 0.6) is 0 Å². The van der Waals surface area contributed by atoms with Crippen LogP contribution in [0.2, 0.25) is 0 Å². The van der Waals surface area contributed by atoms with Crippen molar-refractivity contribution in [3.63, 3.8) is 0 Å². The predicted octanol–water partition coefficient (Wildman–Crippen LogP) is 3.59. The van der Waals surface area contributed by atoms with Crippen molar-refractivity contribution in [2.24, 2.45) is 0 Å². The van der Waals surface area contributed by atoms with E-state index >= 15 is 0 Å². The predicted molar refractivity (Wildman–Crippen MR) is 72.8 cm³/mol. The minimum Gasteiger partial charge on any atom is -0.360 e. The molecule has 3 aromatic rings. The van der Waals surface area contributed by atoms with Crippen molar-refractivity contribution >= 4 is 16.7 Å². The molecule has 18 heavy (non-hydrogen) atoms. The Morgan fingerprint density at radius 1 is 0.944 bits per heavy atom. The Morgan fingerprint density at radius 2 is 1.67 bits per heavy atom. The number of aromatic nitrogens is 1. The standard InChI is InChI=1S/C16H13NO/c18-16(10-12-6-2-1-3-7-12)14-11-17-15-9-5-4-8-13(14)15/h1-9,11,17H,10H2. The summed E-state index contributed by atoms with van der Waals surface area (Å²) in [7, 11) is 0. The highest BCUT2D eigenvalue weighted by Gasteiger charge is 2.11. The van der Waals surface area contributed by atoms with Crippen LogP contribution in [-0.2, 0) is 6.42 Å². The van der Waals surface area contributed by atoms with Gasteiger partial charge in [-0.1, -0.05) is 48.5 Å². The molecule has 0 saturated heterocycles. The third kappa shape index (κ3) is 1.93. The fraction of sp³-hybridized carbons (Fsp3) is 0.0625. The minimum atomic E-state index is 0.152. The smallest absolute Gasteiger partial charge is 0.169 e. The summed E-state index contributed by atoms with van der Waals surface area (Å²) in [6, 6.07) is 17.7. The quantitative estimate of drug-likeness (QED) is 0.691. The number of hydrogen-bond donors (Lipinski definition) is 1. The van der Waals surface area contributed by atoms with Crippen LogP contribution in [0.25, 0.3) is 10.9 Å². The Bertz CT molecular complexity index is 682. The van der Waals surface area contributed by atoms with Crippen LogP contribution < -0.4 is 0 Å². The molecule has 0 aliphatic carbocycles. The normalized spacial score (nSPS) is 10.7. The zero-order valence-electron chi connectivity index (χ0n) is 9.89. The molecule has 0 atom stereocenters. The van der Waals surface area contributed by atoms with Gasteiger partial charge in [0.1, 0.15) is 0 Å². The monoisotopic (exact) mass is 235 g/mol. The molecule has 88 valence electrons. The Kier molecular flexibility index (Phi) is 2.69.